The molecule has 0 aliphatic carbocycles. The molecule has 1 N–H and O–H groups in total. The molecule has 0 radical (unpaired) electrons. The Bertz CT molecular complexity index is 831. The molecular formula is C21H23NO4. The largest absolute Gasteiger partial charge is 0.487 e. The van der Waals surface area contributed by atoms with Gasteiger partial charge >= 0.3 is 0 Å². The molecule has 2 heterocycles. The zero-order chi connectivity index (χ0) is 18.1. The molecule has 5 heteroatoms. The van der Waals surface area contributed by atoms with E-state index in [1.165, 1.54) is 0 Å². The molecule has 0 saturated heterocycles. The molecule has 4 rings (SSSR count). The van der Waals surface area contributed by atoms with Crippen molar-refractivity contribution in [3.63, 3.8) is 0 Å². The first-order chi connectivity index (χ1) is 12.5. The van der Waals surface area contributed by atoms with E-state index in [1.54, 1.807) is 0 Å². The van der Waals surface area contributed by atoms with Crippen LogP contribution in [0.2, 0.25) is 0 Å². The van der Waals surface area contributed by atoms with Crippen LogP contribution in [0, 0.1) is 0 Å². The lowest BCUT2D eigenvalue weighted by molar-refractivity contribution is -0.122. The van der Waals surface area contributed by atoms with Crippen molar-refractivity contribution in [3.05, 3.63) is 53.6 Å². The third-order valence-corrected chi connectivity index (χ3v) is 4.79. The normalized spacial score (nSPS) is 19.4. The number of rotatable bonds is 4. The van der Waals surface area contributed by atoms with Gasteiger partial charge in [-0.15, -0.1) is 0 Å². The van der Waals surface area contributed by atoms with Gasteiger partial charge in [-0.05, 0) is 44.0 Å². The minimum Gasteiger partial charge on any atom is -0.487 e. The van der Waals surface area contributed by atoms with Gasteiger partial charge in [-0.1, -0.05) is 24.3 Å². The van der Waals surface area contributed by atoms with E-state index in [0.717, 1.165) is 34.8 Å². The molecule has 26 heavy (non-hydrogen) atoms. The second kappa shape index (κ2) is 6.56. The molecule has 0 saturated carbocycles. The van der Waals surface area contributed by atoms with E-state index in [-0.39, 0.29) is 24.3 Å². The zero-order valence-electron chi connectivity index (χ0n) is 15.1. The maximum absolute atomic E-state index is 12.5. The highest BCUT2D eigenvalue weighted by molar-refractivity contribution is 5.77. The molecule has 2 aromatic carbocycles. The predicted octanol–water partition coefficient (Wildman–Crippen LogP) is 3.77. The van der Waals surface area contributed by atoms with Gasteiger partial charge in [0.25, 0.3) is 0 Å². The third kappa shape index (κ3) is 3.47. The maximum atomic E-state index is 12.5. The number of carbonyl (C=O) groups is 1. The Morgan fingerprint density at radius 3 is 2.81 bits per heavy atom. The lowest BCUT2D eigenvalue weighted by Crippen LogP contribution is -2.41. The molecular weight excluding hydrogens is 330 g/mol. The highest BCUT2D eigenvalue weighted by Crippen LogP contribution is 2.39. The molecule has 2 aromatic rings. The number of amides is 1. The molecule has 5 nitrogen and oxygen atoms in total. The van der Waals surface area contributed by atoms with Crippen molar-refractivity contribution in [1.29, 1.82) is 0 Å². The first-order valence-corrected chi connectivity index (χ1v) is 8.96. The molecule has 0 spiro atoms. The first-order valence-electron chi connectivity index (χ1n) is 8.96. The van der Waals surface area contributed by atoms with Crippen molar-refractivity contribution in [2.24, 2.45) is 0 Å². The summed E-state index contributed by atoms with van der Waals surface area (Å²) in [5.41, 5.74) is 1.81. The van der Waals surface area contributed by atoms with E-state index in [2.05, 4.69) is 19.2 Å². The number of ether oxygens (including phenoxy) is 3. The molecule has 136 valence electrons. The minimum absolute atomic E-state index is 0.0285. The molecule has 0 aromatic heterocycles. The lowest BCUT2D eigenvalue weighted by Gasteiger charge is -2.37. The van der Waals surface area contributed by atoms with E-state index in [4.69, 9.17) is 14.2 Å². The van der Waals surface area contributed by atoms with Crippen LogP contribution >= 0.6 is 0 Å². The van der Waals surface area contributed by atoms with Crippen LogP contribution in [-0.2, 0) is 11.2 Å². The average Bonchev–Trinajstić information content (AvgIpc) is 3.06. The Balaban J connectivity index is 1.40. The van der Waals surface area contributed by atoms with E-state index in [0.29, 0.717) is 12.8 Å². The van der Waals surface area contributed by atoms with E-state index >= 15 is 0 Å². The van der Waals surface area contributed by atoms with Crippen LogP contribution in [0.25, 0.3) is 0 Å². The Morgan fingerprint density at radius 2 is 1.92 bits per heavy atom. The van der Waals surface area contributed by atoms with E-state index < -0.39 is 0 Å². The van der Waals surface area contributed by atoms with Gasteiger partial charge in [0, 0.05) is 18.4 Å². The van der Waals surface area contributed by atoms with Crippen LogP contribution in [0.4, 0.5) is 0 Å². The molecule has 1 unspecified atom stereocenters. The highest BCUT2D eigenvalue weighted by Gasteiger charge is 2.34. The smallest absolute Gasteiger partial charge is 0.231 e. The fourth-order valence-electron chi connectivity index (χ4n) is 3.55. The number of carbonyl (C=O) groups excluding carboxylic acids is 1. The standard InChI is InChI=1S/C21H23NO4/c1-21(2)12-16(15-5-3-4-6-17(15)26-21)22-20(23)10-8-14-7-9-18-19(11-14)25-13-24-18/h3-7,9,11,16H,8,10,12-13H2,1-2H3,(H,22,23). The fraction of sp³-hybridized carbons (Fsp3) is 0.381. The monoisotopic (exact) mass is 353 g/mol. The Morgan fingerprint density at radius 1 is 1.12 bits per heavy atom. The first kappa shape index (κ1) is 16.8. The predicted molar refractivity (Wildman–Crippen MR) is 97.5 cm³/mol. The number of aryl methyl sites for hydroxylation is 1. The Kier molecular flexibility index (Phi) is 4.23. The van der Waals surface area contributed by atoms with Gasteiger partial charge in [0.1, 0.15) is 11.4 Å². The van der Waals surface area contributed by atoms with Crippen LogP contribution < -0.4 is 19.5 Å². The summed E-state index contributed by atoms with van der Waals surface area (Å²) in [5.74, 6) is 2.41. The summed E-state index contributed by atoms with van der Waals surface area (Å²) in [5, 5.41) is 3.18. The summed E-state index contributed by atoms with van der Waals surface area (Å²) in [6, 6.07) is 13.7. The zero-order valence-corrected chi connectivity index (χ0v) is 15.1. The van der Waals surface area contributed by atoms with E-state index in [9.17, 15) is 4.79 Å². The topological polar surface area (TPSA) is 56.8 Å². The van der Waals surface area contributed by atoms with Crippen molar-refractivity contribution in [1.82, 2.24) is 5.32 Å². The van der Waals surface area contributed by atoms with E-state index in [1.807, 2.05) is 42.5 Å². The van der Waals surface area contributed by atoms with Crippen molar-refractivity contribution in [2.45, 2.75) is 44.8 Å². The molecule has 2 aliphatic heterocycles. The SMILES string of the molecule is CC1(C)CC(NC(=O)CCc2ccc3c(c2)OCO3)c2ccccc2O1. The van der Waals surface area contributed by atoms with Crippen molar-refractivity contribution in [2.75, 3.05) is 6.79 Å². The summed E-state index contributed by atoms with van der Waals surface area (Å²) < 4.78 is 16.7. The quantitative estimate of drug-likeness (QED) is 0.909. The van der Waals surface area contributed by atoms with Gasteiger partial charge in [-0.2, -0.15) is 0 Å². The van der Waals surface area contributed by atoms with Crippen LogP contribution in [0.5, 0.6) is 17.2 Å². The van der Waals surface area contributed by atoms with Crippen LogP contribution in [0.1, 0.15) is 43.9 Å². The Labute approximate surface area is 153 Å². The number of fused-ring (bicyclic) bond motifs is 2. The van der Waals surface area contributed by atoms with Gasteiger partial charge in [0.2, 0.25) is 12.7 Å². The molecule has 1 atom stereocenters. The van der Waals surface area contributed by atoms with Gasteiger partial charge in [0.05, 0.1) is 6.04 Å². The summed E-state index contributed by atoms with van der Waals surface area (Å²) in [4.78, 5) is 12.5. The van der Waals surface area contributed by atoms with Crippen molar-refractivity contribution >= 4 is 5.91 Å². The average molecular weight is 353 g/mol. The molecule has 0 fully saturated rings. The summed E-state index contributed by atoms with van der Waals surface area (Å²) in [6.45, 7) is 4.36. The van der Waals surface area contributed by atoms with Gasteiger partial charge in [-0.3, -0.25) is 4.79 Å². The van der Waals surface area contributed by atoms with Gasteiger partial charge < -0.3 is 19.5 Å². The fourth-order valence-corrected chi connectivity index (χ4v) is 3.55. The summed E-state index contributed by atoms with van der Waals surface area (Å²) in [7, 11) is 0. The third-order valence-electron chi connectivity index (χ3n) is 4.79. The molecule has 2 aliphatic rings. The summed E-state index contributed by atoms with van der Waals surface area (Å²) in [6.07, 6.45) is 1.84. The van der Waals surface area contributed by atoms with Crippen LogP contribution in [0.15, 0.2) is 42.5 Å². The number of para-hydroxylation sites is 1. The lowest BCUT2D eigenvalue weighted by atomic mass is 9.89. The number of hydrogen-bond donors (Lipinski definition) is 1. The second-order valence-electron chi connectivity index (χ2n) is 7.41. The van der Waals surface area contributed by atoms with Crippen molar-refractivity contribution in [3.8, 4) is 17.2 Å². The summed E-state index contributed by atoms with van der Waals surface area (Å²) >= 11 is 0. The van der Waals surface area contributed by atoms with Crippen LogP contribution in [-0.4, -0.2) is 18.3 Å². The van der Waals surface area contributed by atoms with Crippen molar-refractivity contribution < 1.29 is 19.0 Å². The highest BCUT2D eigenvalue weighted by atomic mass is 16.7. The minimum atomic E-state index is -0.302. The number of hydrogen-bond acceptors (Lipinski definition) is 4. The molecule has 1 amide bonds. The number of nitrogens with one attached hydrogen (secondary N) is 1. The maximum Gasteiger partial charge on any atom is 0.231 e. The van der Waals surface area contributed by atoms with Crippen LogP contribution in [0.3, 0.4) is 0 Å². The second-order valence-corrected chi connectivity index (χ2v) is 7.41. The van der Waals surface area contributed by atoms with Gasteiger partial charge in [-0.25, -0.2) is 0 Å². The number of benzene rings is 2. The van der Waals surface area contributed by atoms with Gasteiger partial charge in [0.15, 0.2) is 11.5 Å². The molecule has 0 bridgehead atoms. The Hall–Kier alpha value is -2.69.